The maximum Gasteiger partial charge on any atom is 0.322 e. The fourth-order valence-electron chi connectivity index (χ4n) is 4.78. The highest BCUT2D eigenvalue weighted by atomic mass is 16.2. The maximum atomic E-state index is 13.9. The van der Waals surface area contributed by atoms with E-state index in [-0.39, 0.29) is 11.6 Å². The molecule has 0 aliphatic rings. The zero-order valence-electron chi connectivity index (χ0n) is 24.0. The molecule has 0 bridgehead atoms. The molecule has 1 unspecified atom stereocenters. The fourth-order valence-corrected chi connectivity index (χ4v) is 4.78. The minimum atomic E-state index is -0.488. The summed E-state index contributed by atoms with van der Waals surface area (Å²) >= 11 is 0. The van der Waals surface area contributed by atoms with Gasteiger partial charge in [-0.05, 0) is 82.2 Å². The molecule has 4 rings (SSSR count). The van der Waals surface area contributed by atoms with E-state index >= 15 is 0 Å². The number of hydrogen-bond donors (Lipinski definition) is 1. The number of benzene rings is 3. The lowest BCUT2D eigenvalue weighted by Crippen LogP contribution is -2.43. The average molecular weight is 526 g/mol. The molecule has 0 radical (unpaired) electrons. The van der Waals surface area contributed by atoms with Crippen LogP contribution in [0.5, 0.6) is 0 Å². The van der Waals surface area contributed by atoms with Gasteiger partial charge in [0.2, 0.25) is 0 Å². The summed E-state index contributed by atoms with van der Waals surface area (Å²) in [7, 11) is 3.95. The van der Waals surface area contributed by atoms with Crippen molar-refractivity contribution >= 4 is 22.6 Å². The Morgan fingerprint density at radius 1 is 0.949 bits per heavy atom. The number of anilines is 1. The number of aromatic nitrogens is 2. The quantitative estimate of drug-likeness (QED) is 0.294. The second kappa shape index (κ2) is 11.8. The third kappa shape index (κ3) is 6.20. The lowest BCUT2D eigenvalue weighted by Gasteiger charge is -2.31. The molecule has 0 spiro atoms. The first-order chi connectivity index (χ1) is 18.6. The zero-order valence-corrected chi connectivity index (χ0v) is 24.0. The summed E-state index contributed by atoms with van der Waals surface area (Å²) in [6, 6.07) is 20.6. The van der Waals surface area contributed by atoms with E-state index in [0.29, 0.717) is 35.7 Å². The Morgan fingerprint density at radius 3 is 2.28 bits per heavy atom. The molecule has 0 fully saturated rings. The Kier molecular flexibility index (Phi) is 8.51. The molecule has 204 valence electrons. The SMILES string of the molecule is Cc1ccc(-n2c(C(C)N(CCN(C)C)C(=O)Nc3ccc(C(C)C)cc3)nc3ccccc3c2=O)c(C)c1. The number of para-hydroxylation sites is 1. The Labute approximate surface area is 231 Å². The standard InChI is InChI=1S/C32H39N5O2/c1-21(2)25-13-15-26(16-14-25)33-32(39)36(19-18-35(6)7)24(5)30-34-28-11-9-8-10-27(28)31(38)37(30)29-17-12-22(3)20-23(29)4/h8-17,20-21,24H,18-19H2,1-7H3,(H,33,39). The molecule has 0 aliphatic heterocycles. The van der Waals surface area contributed by atoms with Gasteiger partial charge in [0.05, 0.1) is 22.6 Å². The van der Waals surface area contributed by atoms with Crippen LogP contribution in [0.25, 0.3) is 16.6 Å². The lowest BCUT2D eigenvalue weighted by molar-refractivity contribution is 0.181. The molecule has 39 heavy (non-hydrogen) atoms. The van der Waals surface area contributed by atoms with Gasteiger partial charge >= 0.3 is 6.03 Å². The van der Waals surface area contributed by atoms with Crippen LogP contribution in [0.15, 0.2) is 71.5 Å². The summed E-state index contributed by atoms with van der Waals surface area (Å²) in [6.07, 6.45) is 0. The van der Waals surface area contributed by atoms with Crippen LogP contribution in [-0.4, -0.2) is 52.6 Å². The minimum absolute atomic E-state index is 0.147. The minimum Gasteiger partial charge on any atom is -0.313 e. The second-order valence-corrected chi connectivity index (χ2v) is 10.8. The van der Waals surface area contributed by atoms with Crippen LogP contribution in [0.1, 0.15) is 55.2 Å². The van der Waals surface area contributed by atoms with Gasteiger partial charge < -0.3 is 15.1 Å². The first-order valence-electron chi connectivity index (χ1n) is 13.5. The van der Waals surface area contributed by atoms with Crippen LogP contribution in [0.2, 0.25) is 0 Å². The molecule has 7 heteroatoms. The van der Waals surface area contributed by atoms with Crippen molar-refractivity contribution in [1.29, 1.82) is 0 Å². The van der Waals surface area contributed by atoms with E-state index in [0.717, 1.165) is 22.5 Å². The van der Waals surface area contributed by atoms with E-state index in [1.165, 1.54) is 5.56 Å². The molecule has 0 saturated carbocycles. The number of fused-ring (bicyclic) bond motifs is 1. The Balaban J connectivity index is 1.81. The van der Waals surface area contributed by atoms with Crippen molar-refractivity contribution in [2.24, 2.45) is 0 Å². The number of nitrogens with zero attached hydrogens (tertiary/aromatic N) is 4. The number of likely N-dealkylation sites (N-methyl/N-ethyl adjacent to an activating group) is 1. The van der Waals surface area contributed by atoms with Gasteiger partial charge in [0.1, 0.15) is 5.82 Å². The van der Waals surface area contributed by atoms with Crippen molar-refractivity contribution in [3.63, 3.8) is 0 Å². The average Bonchev–Trinajstić information content (AvgIpc) is 2.89. The molecule has 1 aromatic heterocycles. The first-order valence-corrected chi connectivity index (χ1v) is 13.5. The van der Waals surface area contributed by atoms with E-state index in [1.807, 2.05) is 94.4 Å². The van der Waals surface area contributed by atoms with Gasteiger partial charge in [0.25, 0.3) is 5.56 Å². The molecule has 1 heterocycles. The predicted molar refractivity (Wildman–Crippen MR) is 160 cm³/mol. The molecule has 3 aromatic carbocycles. The van der Waals surface area contributed by atoms with Crippen molar-refractivity contribution in [2.45, 2.75) is 46.6 Å². The van der Waals surface area contributed by atoms with Gasteiger partial charge in [-0.15, -0.1) is 0 Å². The van der Waals surface area contributed by atoms with Crippen LogP contribution in [0, 0.1) is 13.8 Å². The monoisotopic (exact) mass is 525 g/mol. The van der Waals surface area contributed by atoms with Gasteiger partial charge in [-0.2, -0.15) is 0 Å². The van der Waals surface area contributed by atoms with Crippen molar-refractivity contribution in [1.82, 2.24) is 19.4 Å². The topological polar surface area (TPSA) is 70.5 Å². The largest absolute Gasteiger partial charge is 0.322 e. The number of nitrogens with one attached hydrogen (secondary N) is 1. The van der Waals surface area contributed by atoms with E-state index in [2.05, 4.69) is 25.2 Å². The molecular formula is C32H39N5O2. The lowest BCUT2D eigenvalue weighted by atomic mass is 10.0. The number of hydrogen-bond acceptors (Lipinski definition) is 4. The summed E-state index contributed by atoms with van der Waals surface area (Å²) in [6.45, 7) is 11.4. The number of carbonyl (C=O) groups excluding carboxylic acids is 1. The highest BCUT2D eigenvalue weighted by Crippen LogP contribution is 2.26. The number of amides is 2. The highest BCUT2D eigenvalue weighted by Gasteiger charge is 2.27. The molecule has 0 aliphatic carbocycles. The van der Waals surface area contributed by atoms with Gasteiger partial charge in [-0.1, -0.05) is 55.8 Å². The summed E-state index contributed by atoms with van der Waals surface area (Å²) in [5.74, 6) is 0.932. The van der Waals surface area contributed by atoms with Crippen LogP contribution in [-0.2, 0) is 0 Å². The number of aryl methyl sites for hydroxylation is 2. The van der Waals surface area contributed by atoms with Crippen molar-refractivity contribution in [3.05, 3.63) is 99.6 Å². The summed E-state index contributed by atoms with van der Waals surface area (Å²) in [5.41, 5.74) is 5.26. The van der Waals surface area contributed by atoms with Crippen molar-refractivity contribution in [3.8, 4) is 5.69 Å². The number of carbonyl (C=O) groups is 1. The molecule has 7 nitrogen and oxygen atoms in total. The zero-order chi connectivity index (χ0) is 28.3. The van der Waals surface area contributed by atoms with Gasteiger partial charge in [0, 0.05) is 18.8 Å². The smallest absolute Gasteiger partial charge is 0.313 e. The van der Waals surface area contributed by atoms with E-state index in [9.17, 15) is 9.59 Å². The Bertz CT molecular complexity index is 1520. The molecule has 1 N–H and O–H groups in total. The summed E-state index contributed by atoms with van der Waals surface area (Å²) < 4.78 is 1.68. The molecule has 4 aromatic rings. The van der Waals surface area contributed by atoms with Crippen molar-refractivity contribution in [2.75, 3.05) is 32.5 Å². The van der Waals surface area contributed by atoms with Crippen LogP contribution in [0.4, 0.5) is 10.5 Å². The predicted octanol–water partition coefficient (Wildman–Crippen LogP) is 6.28. The Morgan fingerprint density at radius 2 is 1.64 bits per heavy atom. The van der Waals surface area contributed by atoms with Crippen LogP contribution in [0.3, 0.4) is 0 Å². The highest BCUT2D eigenvalue weighted by molar-refractivity contribution is 5.89. The summed E-state index contributed by atoms with van der Waals surface area (Å²) in [4.78, 5) is 36.4. The van der Waals surface area contributed by atoms with Gasteiger partial charge in [-0.3, -0.25) is 9.36 Å². The number of rotatable bonds is 8. The fraction of sp³-hybridized carbons (Fsp3) is 0.344. The Hall–Kier alpha value is -3.97. The van der Waals surface area contributed by atoms with Crippen LogP contribution < -0.4 is 10.9 Å². The van der Waals surface area contributed by atoms with Gasteiger partial charge in [-0.25, -0.2) is 9.78 Å². The molecular weight excluding hydrogens is 486 g/mol. The van der Waals surface area contributed by atoms with E-state index in [1.54, 1.807) is 15.5 Å². The molecule has 2 amide bonds. The van der Waals surface area contributed by atoms with Gasteiger partial charge in [0.15, 0.2) is 0 Å². The third-order valence-corrected chi connectivity index (χ3v) is 7.11. The van der Waals surface area contributed by atoms with Crippen LogP contribution >= 0.6 is 0 Å². The van der Waals surface area contributed by atoms with E-state index in [4.69, 9.17) is 4.98 Å². The molecule has 0 saturated heterocycles. The number of urea groups is 1. The normalized spacial score (nSPS) is 12.2. The summed E-state index contributed by atoms with van der Waals surface area (Å²) in [5, 5.41) is 3.61. The maximum absolute atomic E-state index is 13.9. The second-order valence-electron chi connectivity index (χ2n) is 10.8. The van der Waals surface area contributed by atoms with Crippen molar-refractivity contribution < 1.29 is 4.79 Å². The molecule has 1 atom stereocenters. The van der Waals surface area contributed by atoms with E-state index < -0.39 is 6.04 Å². The third-order valence-electron chi connectivity index (χ3n) is 7.11. The first kappa shape index (κ1) is 28.0.